The van der Waals surface area contributed by atoms with Crippen LogP contribution in [0.1, 0.15) is 6.92 Å². The van der Waals surface area contributed by atoms with Gasteiger partial charge in [-0.25, -0.2) is 9.59 Å². The van der Waals surface area contributed by atoms with E-state index in [1.54, 1.807) is 41.0 Å². The molecule has 0 N–H and O–H groups in total. The van der Waals surface area contributed by atoms with Crippen LogP contribution >= 0.6 is 0 Å². The molecule has 9 heteroatoms. The minimum absolute atomic E-state index is 0.307. The van der Waals surface area contributed by atoms with Crippen molar-refractivity contribution in [2.75, 3.05) is 46.0 Å². The molecule has 1 heterocycles. The van der Waals surface area contributed by atoms with E-state index in [1.807, 2.05) is 30.3 Å². The van der Waals surface area contributed by atoms with Gasteiger partial charge in [-0.15, -0.1) is 0 Å². The van der Waals surface area contributed by atoms with E-state index in [0.717, 1.165) is 5.75 Å². The Morgan fingerprint density at radius 2 is 1.34 bits per heavy atom. The zero-order chi connectivity index (χ0) is 22.8. The van der Waals surface area contributed by atoms with Crippen LogP contribution in [-0.2, 0) is 19.1 Å². The second-order valence-electron chi connectivity index (χ2n) is 6.90. The molecule has 1 saturated heterocycles. The number of esters is 1. The number of benzene rings is 2. The third-order valence-electron chi connectivity index (χ3n) is 4.67. The van der Waals surface area contributed by atoms with Crippen LogP contribution in [0, 0.1) is 0 Å². The summed E-state index contributed by atoms with van der Waals surface area (Å²) >= 11 is 0. The molecule has 1 fully saturated rings. The van der Waals surface area contributed by atoms with Crippen molar-refractivity contribution < 1.29 is 33.3 Å². The Morgan fingerprint density at radius 1 is 0.750 bits per heavy atom. The number of ether oxygens (including phenoxy) is 4. The summed E-state index contributed by atoms with van der Waals surface area (Å²) < 4.78 is 21.1. The van der Waals surface area contributed by atoms with Gasteiger partial charge in [-0.1, -0.05) is 18.2 Å². The molecule has 0 radical (unpaired) electrons. The van der Waals surface area contributed by atoms with Crippen molar-refractivity contribution in [3.63, 3.8) is 0 Å². The van der Waals surface area contributed by atoms with Gasteiger partial charge < -0.3 is 28.7 Å². The van der Waals surface area contributed by atoms with Gasteiger partial charge in [-0.2, -0.15) is 0 Å². The lowest BCUT2D eigenvalue weighted by Crippen LogP contribution is -2.51. The fourth-order valence-corrected chi connectivity index (χ4v) is 3.00. The quantitative estimate of drug-likeness (QED) is 0.580. The van der Waals surface area contributed by atoms with E-state index in [4.69, 9.17) is 18.9 Å². The maximum Gasteiger partial charge on any atom is 0.409 e. The summed E-state index contributed by atoms with van der Waals surface area (Å²) in [6.45, 7) is 2.85. The SMILES string of the molecule is CCOC(=O)N1CCN(C(=O)COC(=O)COc2ccc(Oc3ccccc3)cc2)CC1. The lowest BCUT2D eigenvalue weighted by molar-refractivity contribution is -0.154. The van der Waals surface area contributed by atoms with E-state index in [9.17, 15) is 14.4 Å². The minimum Gasteiger partial charge on any atom is -0.482 e. The van der Waals surface area contributed by atoms with Gasteiger partial charge in [0, 0.05) is 26.2 Å². The predicted molar refractivity (Wildman–Crippen MR) is 115 cm³/mol. The molecule has 0 aromatic heterocycles. The minimum atomic E-state index is -0.645. The molecule has 170 valence electrons. The normalized spacial score (nSPS) is 13.3. The van der Waals surface area contributed by atoms with E-state index in [-0.39, 0.29) is 25.2 Å². The number of amides is 2. The van der Waals surface area contributed by atoms with Crippen molar-refractivity contribution >= 4 is 18.0 Å². The number of rotatable bonds is 8. The third-order valence-corrected chi connectivity index (χ3v) is 4.67. The number of hydrogen-bond donors (Lipinski definition) is 0. The highest BCUT2D eigenvalue weighted by Gasteiger charge is 2.25. The summed E-state index contributed by atoms with van der Waals surface area (Å²) in [7, 11) is 0. The molecule has 2 aromatic carbocycles. The molecular weight excluding hydrogens is 416 g/mol. The molecule has 2 aromatic rings. The number of carbonyl (C=O) groups is 3. The first-order valence-corrected chi connectivity index (χ1v) is 10.4. The van der Waals surface area contributed by atoms with Crippen LogP contribution in [0.25, 0.3) is 0 Å². The van der Waals surface area contributed by atoms with Gasteiger partial charge in [-0.05, 0) is 43.3 Å². The van der Waals surface area contributed by atoms with Crippen molar-refractivity contribution in [3.05, 3.63) is 54.6 Å². The first-order valence-electron chi connectivity index (χ1n) is 10.4. The van der Waals surface area contributed by atoms with Gasteiger partial charge in [0.2, 0.25) is 0 Å². The van der Waals surface area contributed by atoms with Crippen LogP contribution in [0.3, 0.4) is 0 Å². The fraction of sp³-hybridized carbons (Fsp3) is 0.348. The molecule has 1 aliphatic rings. The Kier molecular flexibility index (Phi) is 8.30. The standard InChI is InChI=1S/C23H26N2O7/c1-2-29-23(28)25-14-12-24(13-15-25)21(26)16-31-22(27)17-30-18-8-10-20(11-9-18)32-19-6-4-3-5-7-19/h3-11H,2,12-17H2,1H3. The lowest BCUT2D eigenvalue weighted by Gasteiger charge is -2.33. The molecule has 0 aliphatic carbocycles. The van der Waals surface area contributed by atoms with Gasteiger partial charge >= 0.3 is 12.1 Å². The molecule has 0 saturated carbocycles. The van der Waals surface area contributed by atoms with Crippen LogP contribution in [-0.4, -0.2) is 73.8 Å². The third kappa shape index (κ3) is 6.90. The molecule has 0 spiro atoms. The number of hydrogen-bond acceptors (Lipinski definition) is 7. The van der Waals surface area contributed by atoms with Gasteiger partial charge in [0.05, 0.1) is 6.61 Å². The molecular formula is C23H26N2O7. The van der Waals surface area contributed by atoms with Crippen molar-refractivity contribution in [1.29, 1.82) is 0 Å². The Labute approximate surface area is 186 Å². The van der Waals surface area contributed by atoms with Crippen LogP contribution in [0.15, 0.2) is 54.6 Å². The van der Waals surface area contributed by atoms with Crippen LogP contribution in [0.5, 0.6) is 17.2 Å². The predicted octanol–water partition coefficient (Wildman–Crippen LogP) is 2.70. The van der Waals surface area contributed by atoms with Crippen molar-refractivity contribution in [3.8, 4) is 17.2 Å². The Balaban J connectivity index is 1.34. The summed E-state index contributed by atoms with van der Waals surface area (Å²) in [6, 6.07) is 16.2. The highest BCUT2D eigenvalue weighted by atomic mass is 16.6. The van der Waals surface area contributed by atoms with E-state index in [2.05, 4.69) is 0 Å². The van der Waals surface area contributed by atoms with Crippen molar-refractivity contribution in [2.45, 2.75) is 6.92 Å². The smallest absolute Gasteiger partial charge is 0.409 e. The summed E-state index contributed by atoms with van der Waals surface area (Å²) in [5.74, 6) is 0.873. The highest BCUT2D eigenvalue weighted by Crippen LogP contribution is 2.23. The molecule has 2 amide bonds. The molecule has 0 bridgehead atoms. The average Bonchev–Trinajstić information content (AvgIpc) is 2.83. The average molecular weight is 442 g/mol. The van der Waals surface area contributed by atoms with Crippen LogP contribution < -0.4 is 9.47 Å². The molecule has 9 nitrogen and oxygen atoms in total. The van der Waals surface area contributed by atoms with Gasteiger partial charge in [0.15, 0.2) is 13.2 Å². The molecule has 0 unspecified atom stereocenters. The maximum atomic E-state index is 12.2. The van der Waals surface area contributed by atoms with Crippen LogP contribution in [0.4, 0.5) is 4.79 Å². The maximum absolute atomic E-state index is 12.2. The Hall–Kier alpha value is -3.75. The van der Waals surface area contributed by atoms with Gasteiger partial charge in [0.25, 0.3) is 5.91 Å². The topological polar surface area (TPSA) is 94.6 Å². The summed E-state index contributed by atoms with van der Waals surface area (Å²) in [5, 5.41) is 0. The van der Waals surface area contributed by atoms with Crippen molar-refractivity contribution in [1.82, 2.24) is 9.80 Å². The first kappa shape index (κ1) is 22.9. The molecule has 3 rings (SSSR count). The Morgan fingerprint density at radius 3 is 2.00 bits per heavy atom. The molecule has 32 heavy (non-hydrogen) atoms. The number of carbonyl (C=O) groups excluding carboxylic acids is 3. The van der Waals surface area contributed by atoms with Crippen LogP contribution in [0.2, 0.25) is 0 Å². The number of nitrogens with zero attached hydrogens (tertiary/aromatic N) is 2. The lowest BCUT2D eigenvalue weighted by atomic mass is 10.3. The summed E-state index contributed by atoms with van der Waals surface area (Å²) in [5.41, 5.74) is 0. The second kappa shape index (κ2) is 11.6. The fourth-order valence-electron chi connectivity index (χ4n) is 3.00. The van der Waals surface area contributed by atoms with E-state index < -0.39 is 5.97 Å². The summed E-state index contributed by atoms with van der Waals surface area (Å²) in [6.07, 6.45) is -0.386. The summed E-state index contributed by atoms with van der Waals surface area (Å²) in [4.78, 5) is 38.9. The molecule has 1 aliphatic heterocycles. The van der Waals surface area contributed by atoms with E-state index in [0.29, 0.717) is 44.3 Å². The largest absolute Gasteiger partial charge is 0.482 e. The zero-order valence-corrected chi connectivity index (χ0v) is 17.9. The zero-order valence-electron chi connectivity index (χ0n) is 17.9. The second-order valence-corrected chi connectivity index (χ2v) is 6.90. The molecule has 0 atom stereocenters. The first-order chi connectivity index (χ1) is 15.5. The van der Waals surface area contributed by atoms with E-state index >= 15 is 0 Å². The number of para-hydroxylation sites is 1. The van der Waals surface area contributed by atoms with Gasteiger partial charge in [-0.3, -0.25) is 4.79 Å². The van der Waals surface area contributed by atoms with Gasteiger partial charge in [0.1, 0.15) is 17.2 Å². The monoisotopic (exact) mass is 442 g/mol. The van der Waals surface area contributed by atoms with Crippen molar-refractivity contribution in [2.24, 2.45) is 0 Å². The number of piperazine rings is 1. The van der Waals surface area contributed by atoms with E-state index in [1.165, 1.54) is 0 Å². The Bertz CT molecular complexity index is 894. The highest BCUT2D eigenvalue weighted by molar-refractivity contribution is 5.81.